The molecule has 1 fully saturated rings. The molecule has 142 valence electrons. The van der Waals surface area contributed by atoms with Gasteiger partial charge in [0.1, 0.15) is 17.1 Å². The highest BCUT2D eigenvalue weighted by atomic mass is 16.4. The molecule has 2 aliphatic rings. The zero-order valence-electron chi connectivity index (χ0n) is 15.7. The molecule has 2 aromatic rings. The Morgan fingerprint density at radius 3 is 2.93 bits per heavy atom. The molecule has 0 unspecified atom stereocenters. The van der Waals surface area contributed by atoms with Gasteiger partial charge in [-0.25, -0.2) is 14.8 Å². The molecular formula is C20H24N4O3. The molecule has 2 aromatic heterocycles. The third-order valence-electron chi connectivity index (χ3n) is 5.48. The van der Waals surface area contributed by atoms with E-state index in [0.29, 0.717) is 23.1 Å². The summed E-state index contributed by atoms with van der Waals surface area (Å²) in [6, 6.07) is 1.83. The van der Waals surface area contributed by atoms with Crippen LogP contribution in [0, 0.1) is 6.92 Å². The van der Waals surface area contributed by atoms with E-state index in [0.717, 1.165) is 50.0 Å². The first-order valence-electron chi connectivity index (χ1n) is 9.46. The van der Waals surface area contributed by atoms with Gasteiger partial charge in [-0.05, 0) is 38.4 Å². The Kier molecular flexibility index (Phi) is 4.78. The third-order valence-corrected chi connectivity index (χ3v) is 5.48. The predicted octanol–water partition coefficient (Wildman–Crippen LogP) is 1.92. The van der Waals surface area contributed by atoms with Gasteiger partial charge < -0.3 is 14.6 Å². The SMILES string of the molecule is Cc1cc(C2CCC2)oc(=O)c1C(=O)NCc1ncc2c(n1)CCN(C)C2. The van der Waals surface area contributed by atoms with Crippen molar-refractivity contribution >= 4 is 5.91 Å². The van der Waals surface area contributed by atoms with Crippen LogP contribution < -0.4 is 10.9 Å². The van der Waals surface area contributed by atoms with E-state index in [-0.39, 0.29) is 12.1 Å². The standard InChI is InChI=1S/C20H24N4O3/c1-12-8-16(13-4-3-5-13)27-20(26)18(12)19(25)22-10-17-21-9-14-11-24(2)7-6-15(14)23-17/h8-9,13H,3-7,10-11H2,1-2H3,(H,22,25). The monoisotopic (exact) mass is 368 g/mol. The molecular weight excluding hydrogens is 344 g/mol. The number of hydrogen-bond acceptors (Lipinski definition) is 6. The average molecular weight is 368 g/mol. The molecule has 0 atom stereocenters. The number of rotatable bonds is 4. The highest BCUT2D eigenvalue weighted by Gasteiger charge is 2.25. The molecule has 1 aliphatic carbocycles. The molecule has 7 heteroatoms. The smallest absolute Gasteiger partial charge is 0.349 e. The van der Waals surface area contributed by atoms with E-state index in [2.05, 4.69) is 27.2 Å². The first kappa shape index (κ1) is 17.9. The van der Waals surface area contributed by atoms with Crippen LogP contribution in [0.25, 0.3) is 0 Å². The second-order valence-electron chi connectivity index (χ2n) is 7.55. The largest absolute Gasteiger partial charge is 0.427 e. The van der Waals surface area contributed by atoms with Gasteiger partial charge in [-0.3, -0.25) is 4.79 Å². The number of nitrogens with one attached hydrogen (secondary N) is 1. The first-order chi connectivity index (χ1) is 13.0. The van der Waals surface area contributed by atoms with Crippen LogP contribution in [-0.4, -0.2) is 34.4 Å². The number of likely N-dealkylation sites (N-methyl/N-ethyl adjacent to an activating group) is 1. The van der Waals surface area contributed by atoms with Gasteiger partial charge in [0, 0.05) is 42.9 Å². The Labute approximate surface area is 157 Å². The first-order valence-corrected chi connectivity index (χ1v) is 9.46. The fourth-order valence-electron chi connectivity index (χ4n) is 3.63. The molecule has 1 aliphatic heterocycles. The number of amides is 1. The summed E-state index contributed by atoms with van der Waals surface area (Å²) in [7, 11) is 2.07. The van der Waals surface area contributed by atoms with Gasteiger partial charge in [0.25, 0.3) is 5.91 Å². The molecule has 7 nitrogen and oxygen atoms in total. The van der Waals surface area contributed by atoms with Gasteiger partial charge in [-0.1, -0.05) is 6.42 Å². The molecule has 0 spiro atoms. The Bertz CT molecular complexity index is 933. The van der Waals surface area contributed by atoms with Crippen molar-refractivity contribution in [1.29, 1.82) is 0 Å². The van der Waals surface area contributed by atoms with Crippen LogP contribution in [0.2, 0.25) is 0 Å². The van der Waals surface area contributed by atoms with Crippen LogP contribution in [0.15, 0.2) is 21.5 Å². The van der Waals surface area contributed by atoms with Crippen LogP contribution in [-0.2, 0) is 19.5 Å². The Balaban J connectivity index is 1.46. The number of carbonyl (C=O) groups is 1. The topological polar surface area (TPSA) is 88.3 Å². The van der Waals surface area contributed by atoms with Crippen molar-refractivity contribution < 1.29 is 9.21 Å². The number of carbonyl (C=O) groups excluding carboxylic acids is 1. The van der Waals surface area contributed by atoms with Crippen molar-refractivity contribution in [3.63, 3.8) is 0 Å². The highest BCUT2D eigenvalue weighted by molar-refractivity contribution is 5.95. The van der Waals surface area contributed by atoms with E-state index in [1.807, 2.05) is 12.3 Å². The number of hydrogen-bond donors (Lipinski definition) is 1. The van der Waals surface area contributed by atoms with Crippen LogP contribution in [0.3, 0.4) is 0 Å². The van der Waals surface area contributed by atoms with Crippen LogP contribution in [0.4, 0.5) is 0 Å². The summed E-state index contributed by atoms with van der Waals surface area (Å²) >= 11 is 0. The van der Waals surface area contributed by atoms with E-state index < -0.39 is 11.5 Å². The molecule has 0 saturated heterocycles. The summed E-state index contributed by atoms with van der Waals surface area (Å²) in [5.41, 5.74) is 2.32. The molecule has 3 heterocycles. The fraction of sp³-hybridized carbons (Fsp3) is 0.500. The Hall–Kier alpha value is -2.54. The van der Waals surface area contributed by atoms with E-state index >= 15 is 0 Å². The van der Waals surface area contributed by atoms with Crippen molar-refractivity contribution in [2.75, 3.05) is 13.6 Å². The third kappa shape index (κ3) is 3.64. The molecule has 0 aromatic carbocycles. The lowest BCUT2D eigenvalue weighted by Gasteiger charge is -2.24. The minimum Gasteiger partial charge on any atom is -0.427 e. The summed E-state index contributed by atoms with van der Waals surface area (Å²) in [4.78, 5) is 36.0. The van der Waals surface area contributed by atoms with E-state index in [9.17, 15) is 9.59 Å². The van der Waals surface area contributed by atoms with E-state index in [1.54, 1.807) is 6.92 Å². The number of nitrogens with zero attached hydrogens (tertiary/aromatic N) is 3. The lowest BCUT2D eigenvalue weighted by Crippen LogP contribution is -2.31. The van der Waals surface area contributed by atoms with Gasteiger partial charge in [-0.2, -0.15) is 0 Å². The fourth-order valence-corrected chi connectivity index (χ4v) is 3.63. The zero-order valence-corrected chi connectivity index (χ0v) is 15.7. The summed E-state index contributed by atoms with van der Waals surface area (Å²) in [6.45, 7) is 3.77. The molecule has 0 bridgehead atoms. The molecule has 4 rings (SSSR count). The number of aromatic nitrogens is 2. The van der Waals surface area contributed by atoms with Gasteiger partial charge >= 0.3 is 5.63 Å². The van der Waals surface area contributed by atoms with Gasteiger partial charge in [0.15, 0.2) is 0 Å². The van der Waals surface area contributed by atoms with Crippen LogP contribution >= 0.6 is 0 Å². The minimum atomic E-state index is -0.566. The Morgan fingerprint density at radius 1 is 1.41 bits per heavy atom. The molecule has 1 amide bonds. The second-order valence-corrected chi connectivity index (χ2v) is 7.55. The summed E-state index contributed by atoms with van der Waals surface area (Å²) < 4.78 is 5.40. The lowest BCUT2D eigenvalue weighted by molar-refractivity contribution is 0.0944. The summed E-state index contributed by atoms with van der Waals surface area (Å²) in [6.07, 6.45) is 5.94. The summed E-state index contributed by atoms with van der Waals surface area (Å²) in [5, 5.41) is 2.75. The molecule has 1 N–H and O–H groups in total. The van der Waals surface area contributed by atoms with Gasteiger partial charge in [0.2, 0.25) is 0 Å². The van der Waals surface area contributed by atoms with Crippen LogP contribution in [0.1, 0.15) is 63.9 Å². The molecule has 0 radical (unpaired) electrons. The summed E-state index contributed by atoms with van der Waals surface area (Å²) in [5.74, 6) is 1.13. The lowest BCUT2D eigenvalue weighted by atomic mass is 9.83. The molecule has 27 heavy (non-hydrogen) atoms. The van der Waals surface area contributed by atoms with Crippen LogP contribution in [0.5, 0.6) is 0 Å². The van der Waals surface area contributed by atoms with Crippen molar-refractivity contribution in [3.05, 3.63) is 56.7 Å². The van der Waals surface area contributed by atoms with E-state index in [1.165, 1.54) is 0 Å². The maximum atomic E-state index is 12.5. The maximum Gasteiger partial charge on any atom is 0.349 e. The van der Waals surface area contributed by atoms with Crippen molar-refractivity contribution in [2.24, 2.45) is 0 Å². The van der Waals surface area contributed by atoms with Crippen molar-refractivity contribution in [3.8, 4) is 0 Å². The zero-order chi connectivity index (χ0) is 19.0. The number of aryl methyl sites for hydroxylation is 1. The Morgan fingerprint density at radius 2 is 2.22 bits per heavy atom. The predicted molar refractivity (Wildman–Crippen MR) is 99.5 cm³/mol. The van der Waals surface area contributed by atoms with Crippen molar-refractivity contribution in [1.82, 2.24) is 20.2 Å². The quantitative estimate of drug-likeness (QED) is 0.887. The van der Waals surface area contributed by atoms with E-state index in [4.69, 9.17) is 4.42 Å². The normalized spacial score (nSPS) is 17.3. The second kappa shape index (κ2) is 7.23. The van der Waals surface area contributed by atoms with Crippen molar-refractivity contribution in [2.45, 2.75) is 51.6 Å². The highest BCUT2D eigenvalue weighted by Crippen LogP contribution is 2.36. The minimum absolute atomic E-state index is 0.0673. The molecule has 1 saturated carbocycles. The number of fused-ring (bicyclic) bond motifs is 1. The maximum absolute atomic E-state index is 12.5. The average Bonchev–Trinajstić information content (AvgIpc) is 2.57. The van der Waals surface area contributed by atoms with Gasteiger partial charge in [-0.15, -0.1) is 0 Å². The van der Waals surface area contributed by atoms with Gasteiger partial charge in [0.05, 0.1) is 6.54 Å².